The van der Waals surface area contributed by atoms with Crippen molar-refractivity contribution < 1.29 is 14.6 Å². The number of hydrazone groups is 1. The van der Waals surface area contributed by atoms with E-state index < -0.39 is 0 Å². The van der Waals surface area contributed by atoms with Gasteiger partial charge in [0, 0.05) is 11.1 Å². The minimum absolute atomic E-state index is 0.00163. The fourth-order valence-corrected chi connectivity index (χ4v) is 1.96. The largest absolute Gasteiger partial charge is 0.504 e. The fourth-order valence-electron chi connectivity index (χ4n) is 1.96. The molecule has 2 aromatic carbocycles. The van der Waals surface area contributed by atoms with Crippen LogP contribution in [0.4, 0.5) is 0 Å². The molecule has 2 aromatic rings. The number of hydrogen-bond acceptors (Lipinski definition) is 4. The molecule has 22 heavy (non-hydrogen) atoms. The maximum atomic E-state index is 12.0. The molecule has 0 aliphatic rings. The Labute approximate surface area is 129 Å². The number of nitrogens with zero attached hydrogens (tertiary/aromatic N) is 1. The molecule has 0 saturated carbocycles. The molecule has 0 radical (unpaired) electrons. The third-order valence-corrected chi connectivity index (χ3v) is 3.09. The molecule has 0 saturated heterocycles. The van der Waals surface area contributed by atoms with Gasteiger partial charge in [0.2, 0.25) is 0 Å². The predicted octanol–water partition coefficient (Wildman–Crippen LogP) is 2.86. The molecule has 5 nitrogen and oxygen atoms in total. The summed E-state index contributed by atoms with van der Waals surface area (Å²) in [5.74, 6) is 0.0877. The molecule has 0 aliphatic carbocycles. The van der Waals surface area contributed by atoms with E-state index in [4.69, 9.17) is 4.74 Å². The highest BCUT2D eigenvalue weighted by atomic mass is 16.5. The Balaban J connectivity index is 2.09. The molecule has 5 heteroatoms. The van der Waals surface area contributed by atoms with Gasteiger partial charge in [-0.25, -0.2) is 5.43 Å². The standard InChI is InChI=1S/C17H18N2O3/c1-3-22-15-10-6-8-13(16(15)20)11-18-19-17(21)14-9-5-4-7-12(14)2/h4-11,20H,3H2,1-2H3,(H,19,21)/b18-11+. The van der Waals surface area contributed by atoms with E-state index in [0.717, 1.165) is 5.56 Å². The van der Waals surface area contributed by atoms with E-state index in [1.807, 2.05) is 26.0 Å². The summed E-state index contributed by atoms with van der Waals surface area (Å²) >= 11 is 0. The first kappa shape index (κ1) is 15.6. The van der Waals surface area contributed by atoms with Crippen molar-refractivity contribution in [3.63, 3.8) is 0 Å². The van der Waals surface area contributed by atoms with E-state index in [1.165, 1.54) is 6.21 Å². The van der Waals surface area contributed by atoms with Gasteiger partial charge in [-0.05, 0) is 37.6 Å². The van der Waals surface area contributed by atoms with Crippen molar-refractivity contribution in [3.05, 3.63) is 59.2 Å². The number of rotatable bonds is 5. The number of aryl methyl sites for hydroxylation is 1. The van der Waals surface area contributed by atoms with Crippen molar-refractivity contribution in [1.82, 2.24) is 5.43 Å². The van der Waals surface area contributed by atoms with Gasteiger partial charge >= 0.3 is 0 Å². The monoisotopic (exact) mass is 298 g/mol. The smallest absolute Gasteiger partial charge is 0.271 e. The average molecular weight is 298 g/mol. The first-order valence-electron chi connectivity index (χ1n) is 6.97. The fraction of sp³-hybridized carbons (Fsp3) is 0.176. The number of hydrogen-bond donors (Lipinski definition) is 2. The summed E-state index contributed by atoms with van der Waals surface area (Å²) in [6.07, 6.45) is 1.38. The normalized spacial score (nSPS) is 10.6. The van der Waals surface area contributed by atoms with Gasteiger partial charge < -0.3 is 9.84 Å². The van der Waals surface area contributed by atoms with Crippen molar-refractivity contribution in [2.45, 2.75) is 13.8 Å². The molecule has 0 heterocycles. The second kappa shape index (κ2) is 7.26. The van der Waals surface area contributed by atoms with E-state index in [2.05, 4.69) is 10.5 Å². The molecule has 0 unspecified atom stereocenters. The van der Waals surface area contributed by atoms with Gasteiger partial charge in [0.25, 0.3) is 5.91 Å². The van der Waals surface area contributed by atoms with Gasteiger partial charge in [-0.2, -0.15) is 5.10 Å². The minimum Gasteiger partial charge on any atom is -0.504 e. The molecule has 0 aromatic heterocycles. The number of phenolic OH excluding ortho intramolecular Hbond substituents is 1. The van der Waals surface area contributed by atoms with E-state index >= 15 is 0 Å². The number of phenols is 1. The Hall–Kier alpha value is -2.82. The lowest BCUT2D eigenvalue weighted by molar-refractivity contribution is 0.0954. The summed E-state index contributed by atoms with van der Waals surface area (Å²) in [4.78, 5) is 12.0. The van der Waals surface area contributed by atoms with Crippen molar-refractivity contribution in [3.8, 4) is 11.5 Å². The first-order chi connectivity index (χ1) is 10.6. The van der Waals surface area contributed by atoms with Crippen molar-refractivity contribution >= 4 is 12.1 Å². The highest BCUT2D eigenvalue weighted by Crippen LogP contribution is 2.28. The second-order valence-corrected chi connectivity index (χ2v) is 4.64. The van der Waals surface area contributed by atoms with Gasteiger partial charge in [-0.15, -0.1) is 0 Å². The number of carbonyl (C=O) groups excluding carboxylic acids is 1. The Kier molecular flexibility index (Phi) is 5.14. The van der Waals surface area contributed by atoms with Crippen LogP contribution in [0.15, 0.2) is 47.6 Å². The molecular formula is C17H18N2O3. The van der Waals surface area contributed by atoms with E-state index in [1.54, 1.807) is 30.3 Å². The lowest BCUT2D eigenvalue weighted by atomic mass is 10.1. The highest BCUT2D eigenvalue weighted by molar-refractivity contribution is 5.96. The molecule has 2 rings (SSSR count). The Morgan fingerprint density at radius 1 is 1.27 bits per heavy atom. The zero-order valence-corrected chi connectivity index (χ0v) is 12.5. The van der Waals surface area contributed by atoms with Gasteiger partial charge in [0.15, 0.2) is 11.5 Å². The summed E-state index contributed by atoms with van der Waals surface area (Å²) in [6, 6.07) is 12.3. The van der Waals surface area contributed by atoms with Crippen LogP contribution in [0.25, 0.3) is 0 Å². The van der Waals surface area contributed by atoms with Crippen LogP contribution in [0.5, 0.6) is 11.5 Å². The van der Waals surface area contributed by atoms with E-state index in [0.29, 0.717) is 23.5 Å². The SMILES string of the molecule is CCOc1cccc(/C=N/NC(=O)c2ccccc2C)c1O. The summed E-state index contributed by atoms with van der Waals surface area (Å²) < 4.78 is 5.29. The van der Waals surface area contributed by atoms with Crippen LogP contribution in [0.1, 0.15) is 28.4 Å². The van der Waals surface area contributed by atoms with Crippen LogP contribution in [0.2, 0.25) is 0 Å². The zero-order chi connectivity index (χ0) is 15.9. The van der Waals surface area contributed by atoms with Crippen LogP contribution in [0, 0.1) is 6.92 Å². The maximum absolute atomic E-state index is 12.0. The number of nitrogens with one attached hydrogen (secondary N) is 1. The third kappa shape index (κ3) is 3.63. The molecule has 1 amide bonds. The number of ether oxygens (including phenoxy) is 1. The van der Waals surface area contributed by atoms with Gasteiger partial charge in [0.1, 0.15) is 0 Å². The topological polar surface area (TPSA) is 70.9 Å². The third-order valence-electron chi connectivity index (χ3n) is 3.09. The van der Waals surface area contributed by atoms with Crippen LogP contribution >= 0.6 is 0 Å². The van der Waals surface area contributed by atoms with Gasteiger partial charge in [-0.1, -0.05) is 24.3 Å². The number of amides is 1. The van der Waals surface area contributed by atoms with Crippen LogP contribution in [0.3, 0.4) is 0 Å². The summed E-state index contributed by atoms with van der Waals surface area (Å²) in [5, 5.41) is 13.9. The Morgan fingerprint density at radius 3 is 2.77 bits per heavy atom. The number of carbonyl (C=O) groups is 1. The van der Waals surface area contributed by atoms with Crippen molar-refractivity contribution in [1.29, 1.82) is 0 Å². The molecular weight excluding hydrogens is 280 g/mol. The Bertz CT molecular complexity index is 696. The lowest BCUT2D eigenvalue weighted by Gasteiger charge is -2.07. The predicted molar refractivity (Wildman–Crippen MR) is 85.5 cm³/mol. The van der Waals surface area contributed by atoms with Gasteiger partial charge in [-0.3, -0.25) is 4.79 Å². The molecule has 0 fully saturated rings. The summed E-state index contributed by atoms with van der Waals surface area (Å²) in [5.41, 5.74) is 4.35. The van der Waals surface area contributed by atoms with Crippen LogP contribution < -0.4 is 10.2 Å². The number of aromatic hydroxyl groups is 1. The highest BCUT2D eigenvalue weighted by Gasteiger charge is 2.08. The maximum Gasteiger partial charge on any atom is 0.271 e. The quantitative estimate of drug-likeness (QED) is 0.658. The van der Waals surface area contributed by atoms with Gasteiger partial charge in [0.05, 0.1) is 12.8 Å². The molecule has 0 bridgehead atoms. The van der Waals surface area contributed by atoms with Crippen molar-refractivity contribution in [2.24, 2.45) is 5.10 Å². The van der Waals surface area contributed by atoms with E-state index in [-0.39, 0.29) is 11.7 Å². The Morgan fingerprint density at radius 2 is 2.05 bits per heavy atom. The van der Waals surface area contributed by atoms with Crippen LogP contribution in [-0.4, -0.2) is 23.8 Å². The number of para-hydroxylation sites is 1. The summed E-state index contributed by atoms with van der Waals surface area (Å²) in [6.45, 7) is 4.15. The van der Waals surface area contributed by atoms with Crippen molar-refractivity contribution in [2.75, 3.05) is 6.61 Å². The first-order valence-corrected chi connectivity index (χ1v) is 6.97. The zero-order valence-electron chi connectivity index (χ0n) is 12.5. The summed E-state index contributed by atoms with van der Waals surface area (Å²) in [7, 11) is 0. The lowest BCUT2D eigenvalue weighted by Crippen LogP contribution is -2.18. The average Bonchev–Trinajstić information content (AvgIpc) is 2.51. The molecule has 2 N–H and O–H groups in total. The molecule has 0 aliphatic heterocycles. The van der Waals surface area contributed by atoms with Crippen LogP contribution in [-0.2, 0) is 0 Å². The number of benzene rings is 2. The molecule has 0 spiro atoms. The minimum atomic E-state index is -0.296. The molecule has 0 atom stereocenters. The molecule has 114 valence electrons. The van der Waals surface area contributed by atoms with E-state index in [9.17, 15) is 9.90 Å². The second-order valence-electron chi connectivity index (χ2n) is 4.64.